The smallest absolute Gasteiger partial charge is 0.169 e. The molecule has 1 heterocycles. The average Bonchev–Trinajstić information content (AvgIpc) is 2.59. The lowest BCUT2D eigenvalue weighted by Crippen LogP contribution is -2.51. The quantitative estimate of drug-likeness (QED) is 0.725. The van der Waals surface area contributed by atoms with E-state index in [1.807, 2.05) is 44.2 Å². The van der Waals surface area contributed by atoms with Crippen LogP contribution in [0.2, 0.25) is 0 Å². The van der Waals surface area contributed by atoms with Gasteiger partial charge in [0.15, 0.2) is 11.6 Å². The first-order valence-corrected chi connectivity index (χ1v) is 9.52. The third-order valence-electron chi connectivity index (χ3n) is 6.75. The minimum absolute atomic E-state index is 0.103. The molecule has 0 saturated heterocycles. The number of carbonyl (C=O) groups is 2. The molecule has 136 valence electrons. The summed E-state index contributed by atoms with van der Waals surface area (Å²) in [7, 11) is 0. The molecule has 1 aromatic carbocycles. The molecule has 3 aliphatic rings. The van der Waals surface area contributed by atoms with Crippen LogP contribution in [0.4, 0.5) is 0 Å². The fourth-order valence-electron chi connectivity index (χ4n) is 4.41. The van der Waals surface area contributed by atoms with E-state index in [1.54, 1.807) is 0 Å². The molecule has 4 rings (SSSR count). The van der Waals surface area contributed by atoms with Crippen molar-refractivity contribution in [3.05, 3.63) is 52.8 Å². The van der Waals surface area contributed by atoms with Gasteiger partial charge < -0.3 is 4.74 Å². The number of rotatable bonds is 1. The maximum Gasteiger partial charge on any atom is 0.169 e. The van der Waals surface area contributed by atoms with E-state index in [2.05, 4.69) is 13.8 Å². The second kappa shape index (κ2) is 5.67. The van der Waals surface area contributed by atoms with Crippen molar-refractivity contribution >= 4 is 17.1 Å². The van der Waals surface area contributed by atoms with Gasteiger partial charge in [-0.25, -0.2) is 0 Å². The van der Waals surface area contributed by atoms with Crippen molar-refractivity contribution in [2.24, 2.45) is 10.8 Å². The fourth-order valence-corrected chi connectivity index (χ4v) is 4.41. The van der Waals surface area contributed by atoms with Crippen LogP contribution in [0, 0.1) is 10.8 Å². The maximum absolute atomic E-state index is 13.6. The molecule has 0 radical (unpaired) electrons. The largest absolute Gasteiger partial charge is 0.489 e. The zero-order valence-electron chi connectivity index (χ0n) is 16.0. The van der Waals surface area contributed by atoms with Gasteiger partial charge in [-0.05, 0) is 23.8 Å². The van der Waals surface area contributed by atoms with Gasteiger partial charge in [0.05, 0.1) is 5.57 Å². The van der Waals surface area contributed by atoms with Crippen LogP contribution in [0.5, 0.6) is 0 Å². The fraction of sp³-hybridized carbons (Fsp3) is 0.478. The summed E-state index contributed by atoms with van der Waals surface area (Å²) in [6.45, 7) is 8.33. The average molecular weight is 350 g/mol. The monoisotopic (exact) mass is 350 g/mol. The van der Waals surface area contributed by atoms with Crippen molar-refractivity contribution in [3.63, 3.8) is 0 Å². The Balaban J connectivity index is 2.00. The van der Waals surface area contributed by atoms with Gasteiger partial charge in [-0.2, -0.15) is 0 Å². The summed E-state index contributed by atoms with van der Waals surface area (Å²) in [5.41, 5.74) is 2.46. The highest BCUT2D eigenvalue weighted by molar-refractivity contribution is 6.19. The predicted molar refractivity (Wildman–Crippen MR) is 101 cm³/mol. The summed E-state index contributed by atoms with van der Waals surface area (Å²) in [4.78, 5) is 26.4. The number of Topliss-reactive ketones (excluding diaryl/α,β-unsaturated/α-hetero) is 2. The van der Waals surface area contributed by atoms with E-state index < -0.39 is 5.41 Å². The number of hydrogen-bond donors (Lipinski definition) is 0. The summed E-state index contributed by atoms with van der Waals surface area (Å²) < 4.78 is 6.30. The highest BCUT2D eigenvalue weighted by atomic mass is 16.5. The van der Waals surface area contributed by atoms with Gasteiger partial charge in [0.25, 0.3) is 0 Å². The van der Waals surface area contributed by atoms with E-state index in [4.69, 9.17) is 4.74 Å². The number of hydrogen-bond acceptors (Lipinski definition) is 3. The lowest BCUT2D eigenvalue weighted by Gasteiger charge is -2.50. The van der Waals surface area contributed by atoms with Gasteiger partial charge in [-0.3, -0.25) is 9.59 Å². The minimum Gasteiger partial charge on any atom is -0.489 e. The molecule has 0 N–H and O–H groups in total. The molecule has 2 aliphatic carbocycles. The van der Waals surface area contributed by atoms with E-state index in [9.17, 15) is 9.59 Å². The van der Waals surface area contributed by atoms with Crippen LogP contribution in [0.3, 0.4) is 0 Å². The molecule has 3 nitrogen and oxygen atoms in total. The number of allylic oxidation sites excluding steroid dienone is 3. The van der Waals surface area contributed by atoms with Crippen LogP contribution in [-0.4, -0.2) is 17.7 Å². The summed E-state index contributed by atoms with van der Waals surface area (Å²) in [5, 5.41) is 0. The molecule has 0 amide bonds. The van der Waals surface area contributed by atoms with E-state index in [0.29, 0.717) is 17.6 Å². The second-order valence-corrected chi connectivity index (χ2v) is 8.88. The Morgan fingerprint density at radius 2 is 1.65 bits per heavy atom. The van der Waals surface area contributed by atoms with Crippen molar-refractivity contribution in [3.8, 4) is 0 Å². The molecule has 0 spiro atoms. The summed E-state index contributed by atoms with van der Waals surface area (Å²) in [6, 6.07) is 9.88. The van der Waals surface area contributed by atoms with Gasteiger partial charge >= 0.3 is 0 Å². The van der Waals surface area contributed by atoms with Crippen molar-refractivity contribution < 1.29 is 14.3 Å². The highest BCUT2D eigenvalue weighted by Crippen LogP contribution is 2.55. The van der Waals surface area contributed by atoms with Crippen LogP contribution >= 0.6 is 0 Å². The molecule has 0 aromatic heterocycles. The molecule has 1 atom stereocenters. The van der Waals surface area contributed by atoms with Gasteiger partial charge in [-0.1, -0.05) is 58.0 Å². The van der Waals surface area contributed by atoms with Crippen LogP contribution in [0.15, 0.2) is 47.2 Å². The van der Waals surface area contributed by atoms with E-state index in [1.165, 1.54) is 0 Å². The third-order valence-corrected chi connectivity index (χ3v) is 6.75. The Hall–Kier alpha value is -2.16. The molecule has 1 fully saturated rings. The van der Waals surface area contributed by atoms with E-state index >= 15 is 0 Å². The van der Waals surface area contributed by atoms with E-state index in [0.717, 1.165) is 36.2 Å². The zero-order chi connectivity index (χ0) is 18.7. The van der Waals surface area contributed by atoms with Crippen molar-refractivity contribution in [2.45, 2.75) is 59.5 Å². The van der Waals surface area contributed by atoms with Gasteiger partial charge in [0.2, 0.25) is 0 Å². The highest BCUT2D eigenvalue weighted by Gasteiger charge is 2.54. The lowest BCUT2D eigenvalue weighted by atomic mass is 9.55. The Morgan fingerprint density at radius 3 is 2.35 bits per heavy atom. The number of benzene rings is 1. The Bertz CT molecular complexity index is 853. The number of carbonyl (C=O) groups excluding carboxylic acids is 2. The number of ketones is 2. The summed E-state index contributed by atoms with van der Waals surface area (Å²) in [5.74, 6) is 1.01. The van der Waals surface area contributed by atoms with Gasteiger partial charge in [0, 0.05) is 29.4 Å². The second-order valence-electron chi connectivity index (χ2n) is 8.88. The molecule has 1 unspecified atom stereocenters. The van der Waals surface area contributed by atoms with Gasteiger partial charge in [-0.15, -0.1) is 0 Å². The Kier molecular flexibility index (Phi) is 3.76. The molecule has 1 aliphatic heterocycles. The molecule has 1 aromatic rings. The molecule has 1 saturated carbocycles. The number of fused-ring (bicyclic) bond motifs is 1. The molecular weight excluding hydrogens is 324 g/mol. The lowest BCUT2D eigenvalue weighted by molar-refractivity contribution is -0.136. The van der Waals surface area contributed by atoms with Crippen LogP contribution in [-0.2, 0) is 14.3 Å². The van der Waals surface area contributed by atoms with Crippen LogP contribution in [0.1, 0.15) is 58.9 Å². The summed E-state index contributed by atoms with van der Waals surface area (Å²) in [6.07, 6.45) is 2.65. The Morgan fingerprint density at radius 1 is 0.962 bits per heavy atom. The van der Waals surface area contributed by atoms with Gasteiger partial charge in [0.1, 0.15) is 11.9 Å². The summed E-state index contributed by atoms with van der Waals surface area (Å²) >= 11 is 0. The third kappa shape index (κ3) is 2.33. The van der Waals surface area contributed by atoms with Crippen LogP contribution < -0.4 is 0 Å². The zero-order valence-corrected chi connectivity index (χ0v) is 16.0. The molecule has 3 heteroatoms. The predicted octanol–water partition coefficient (Wildman–Crippen LogP) is 4.87. The standard InChI is InChI=1S/C23H26O3/c1-22(2)13-17-20(21(25)23(22,3)4)18(14-9-6-5-7-10-14)19-15(24)11-8-12-16(19)26-17/h5-7,9-10,17H,8,11-13H2,1-4H3. The minimum atomic E-state index is -0.502. The SMILES string of the molecule is CC1(C)CC2OC3=C(C(=O)CCC3)C(c3ccccc3)=C2C(=O)C1(C)C. The molecular formula is C23H26O3. The molecule has 26 heavy (non-hydrogen) atoms. The van der Waals surface area contributed by atoms with Crippen molar-refractivity contribution in [1.29, 1.82) is 0 Å². The normalized spacial score (nSPS) is 27.0. The topological polar surface area (TPSA) is 43.4 Å². The first-order chi connectivity index (χ1) is 12.2. The first kappa shape index (κ1) is 17.3. The van der Waals surface area contributed by atoms with E-state index in [-0.39, 0.29) is 23.1 Å². The molecule has 0 bridgehead atoms. The van der Waals surface area contributed by atoms with Crippen molar-refractivity contribution in [1.82, 2.24) is 0 Å². The van der Waals surface area contributed by atoms with Crippen molar-refractivity contribution in [2.75, 3.05) is 0 Å². The number of ether oxygens (including phenoxy) is 1. The maximum atomic E-state index is 13.6. The Labute approximate surface area is 155 Å². The first-order valence-electron chi connectivity index (χ1n) is 9.52. The van der Waals surface area contributed by atoms with Crippen LogP contribution in [0.25, 0.3) is 5.57 Å².